The SMILES string of the molecule is CC(C)(C)OC(=O)N1[C@@H](Cc2ccccc2)[C@@H](CC(/C=C/c2ccccc2)C(=O)O)OC1(C)C. The van der Waals surface area contributed by atoms with Crippen LogP contribution in [0.1, 0.15) is 52.2 Å². The Balaban J connectivity index is 1.90. The first-order valence-electron chi connectivity index (χ1n) is 11.7. The predicted octanol–water partition coefficient (Wildman–Crippen LogP) is 5.77. The number of hydrogen-bond donors (Lipinski definition) is 1. The molecule has 1 fully saturated rings. The molecule has 0 aliphatic carbocycles. The molecule has 0 radical (unpaired) electrons. The van der Waals surface area contributed by atoms with Gasteiger partial charge in [0.2, 0.25) is 0 Å². The van der Waals surface area contributed by atoms with Gasteiger partial charge in [0.15, 0.2) is 0 Å². The van der Waals surface area contributed by atoms with Gasteiger partial charge in [-0.2, -0.15) is 0 Å². The van der Waals surface area contributed by atoms with E-state index in [9.17, 15) is 14.7 Å². The van der Waals surface area contributed by atoms with E-state index in [1.54, 1.807) is 11.0 Å². The molecule has 1 heterocycles. The average molecular weight is 466 g/mol. The number of benzene rings is 2. The number of ether oxygens (including phenoxy) is 2. The van der Waals surface area contributed by atoms with Crippen molar-refractivity contribution in [2.45, 2.75) is 70.9 Å². The van der Waals surface area contributed by atoms with Crippen molar-refractivity contribution >= 4 is 18.1 Å². The van der Waals surface area contributed by atoms with E-state index >= 15 is 0 Å². The smallest absolute Gasteiger partial charge is 0.412 e. The third kappa shape index (κ3) is 6.70. The Hall–Kier alpha value is -3.12. The van der Waals surface area contributed by atoms with Crippen molar-refractivity contribution in [3.63, 3.8) is 0 Å². The topological polar surface area (TPSA) is 76.1 Å². The number of hydrogen-bond acceptors (Lipinski definition) is 4. The summed E-state index contributed by atoms with van der Waals surface area (Å²) in [5, 5.41) is 9.93. The van der Waals surface area contributed by atoms with Gasteiger partial charge in [0, 0.05) is 0 Å². The predicted molar refractivity (Wildman–Crippen MR) is 132 cm³/mol. The fourth-order valence-electron chi connectivity index (χ4n) is 4.32. The summed E-state index contributed by atoms with van der Waals surface area (Å²) in [6.45, 7) is 9.13. The maximum absolute atomic E-state index is 13.2. The first kappa shape index (κ1) is 25.5. The summed E-state index contributed by atoms with van der Waals surface area (Å²) < 4.78 is 12.1. The molecule has 3 atom stereocenters. The van der Waals surface area contributed by atoms with Gasteiger partial charge in [-0.15, -0.1) is 0 Å². The van der Waals surface area contributed by atoms with Crippen molar-refractivity contribution in [1.29, 1.82) is 0 Å². The second-order valence-electron chi connectivity index (χ2n) is 10.2. The summed E-state index contributed by atoms with van der Waals surface area (Å²) in [5.41, 5.74) is 0.361. The van der Waals surface area contributed by atoms with Crippen LogP contribution >= 0.6 is 0 Å². The summed E-state index contributed by atoms with van der Waals surface area (Å²) in [7, 11) is 0. The molecule has 34 heavy (non-hydrogen) atoms. The van der Waals surface area contributed by atoms with E-state index in [4.69, 9.17) is 9.47 Å². The third-order valence-electron chi connectivity index (χ3n) is 5.78. The summed E-state index contributed by atoms with van der Waals surface area (Å²) in [6.07, 6.45) is 3.33. The zero-order chi connectivity index (χ0) is 24.9. The van der Waals surface area contributed by atoms with E-state index in [1.165, 1.54) is 0 Å². The lowest BCUT2D eigenvalue weighted by Crippen LogP contribution is -2.51. The monoisotopic (exact) mass is 465 g/mol. The Morgan fingerprint density at radius 3 is 2.24 bits per heavy atom. The molecule has 1 amide bonds. The van der Waals surface area contributed by atoms with Crippen molar-refractivity contribution < 1.29 is 24.2 Å². The van der Waals surface area contributed by atoms with E-state index in [0.717, 1.165) is 11.1 Å². The molecular formula is C28H35NO5. The summed E-state index contributed by atoms with van der Waals surface area (Å²) in [4.78, 5) is 27.0. The van der Waals surface area contributed by atoms with Crippen molar-refractivity contribution in [3.05, 3.63) is 77.9 Å². The van der Waals surface area contributed by atoms with Crippen LogP contribution in [0.4, 0.5) is 4.79 Å². The van der Waals surface area contributed by atoms with Crippen molar-refractivity contribution in [1.82, 2.24) is 4.90 Å². The van der Waals surface area contributed by atoms with Gasteiger partial charge in [-0.3, -0.25) is 9.69 Å². The number of nitrogens with zero attached hydrogens (tertiary/aromatic N) is 1. The maximum atomic E-state index is 13.2. The molecule has 6 nitrogen and oxygen atoms in total. The average Bonchev–Trinajstić information content (AvgIpc) is 3.00. The second kappa shape index (κ2) is 10.4. The molecule has 6 heteroatoms. The van der Waals surface area contributed by atoms with E-state index in [1.807, 2.05) is 101 Å². The maximum Gasteiger partial charge on any atom is 0.412 e. The van der Waals surface area contributed by atoms with Crippen LogP contribution in [0.2, 0.25) is 0 Å². The van der Waals surface area contributed by atoms with E-state index < -0.39 is 35.4 Å². The number of carbonyl (C=O) groups excluding carboxylic acids is 1. The Labute approximate surface area is 202 Å². The number of carbonyl (C=O) groups is 2. The molecule has 1 aliphatic heterocycles. The van der Waals surface area contributed by atoms with Gasteiger partial charge < -0.3 is 14.6 Å². The van der Waals surface area contributed by atoms with Gasteiger partial charge in [0.1, 0.15) is 11.3 Å². The van der Waals surface area contributed by atoms with Crippen LogP contribution in [-0.2, 0) is 20.7 Å². The highest BCUT2D eigenvalue weighted by Crippen LogP contribution is 2.38. The minimum atomic E-state index is -0.946. The highest BCUT2D eigenvalue weighted by atomic mass is 16.6. The first-order chi connectivity index (χ1) is 16.0. The molecule has 1 unspecified atom stereocenters. The minimum Gasteiger partial charge on any atom is -0.481 e. The summed E-state index contributed by atoms with van der Waals surface area (Å²) in [6, 6.07) is 19.0. The standard InChI is InChI=1S/C28H35NO5/c1-27(2,3)34-26(32)29-23(18-21-14-10-7-11-15-21)24(33-28(29,4)5)19-22(25(30)31)17-16-20-12-8-6-9-13-20/h6-17,22-24H,18-19H2,1-5H3,(H,30,31)/b17-16+/t22?,23-,24+/m0/s1. The van der Waals surface area contributed by atoms with Gasteiger partial charge >= 0.3 is 12.1 Å². The van der Waals surface area contributed by atoms with Crippen LogP contribution in [0, 0.1) is 5.92 Å². The molecular weight excluding hydrogens is 430 g/mol. The summed E-state index contributed by atoms with van der Waals surface area (Å²) >= 11 is 0. The molecule has 3 rings (SSSR count). The molecule has 1 aliphatic rings. The van der Waals surface area contributed by atoms with Gasteiger partial charge in [-0.25, -0.2) is 4.79 Å². The number of carboxylic acid groups (broad SMARTS) is 1. The Kier molecular flexibility index (Phi) is 7.82. The zero-order valence-electron chi connectivity index (χ0n) is 20.6. The zero-order valence-corrected chi connectivity index (χ0v) is 20.6. The van der Waals surface area contributed by atoms with E-state index in [0.29, 0.717) is 6.42 Å². The molecule has 0 spiro atoms. The Morgan fingerprint density at radius 2 is 1.68 bits per heavy atom. The molecule has 0 aromatic heterocycles. The van der Waals surface area contributed by atoms with Gasteiger partial charge in [0.05, 0.1) is 18.1 Å². The normalized spacial score (nSPS) is 20.9. The quantitative estimate of drug-likeness (QED) is 0.561. The third-order valence-corrected chi connectivity index (χ3v) is 5.78. The molecule has 1 saturated heterocycles. The lowest BCUT2D eigenvalue weighted by Gasteiger charge is -2.35. The molecule has 1 N–H and O–H groups in total. The Bertz CT molecular complexity index is 994. The number of amides is 1. The number of aliphatic carboxylic acids is 1. The van der Waals surface area contributed by atoms with Crippen LogP contribution in [0.3, 0.4) is 0 Å². The van der Waals surface area contributed by atoms with Gasteiger partial charge in [0.25, 0.3) is 0 Å². The highest BCUT2D eigenvalue weighted by Gasteiger charge is 2.51. The van der Waals surface area contributed by atoms with Crippen LogP contribution in [0.25, 0.3) is 6.08 Å². The van der Waals surface area contributed by atoms with Gasteiger partial charge in [-0.05, 0) is 58.6 Å². The fraction of sp³-hybridized carbons (Fsp3) is 0.429. The molecule has 2 aromatic carbocycles. The number of rotatable bonds is 7. The largest absolute Gasteiger partial charge is 0.481 e. The lowest BCUT2D eigenvalue weighted by molar-refractivity contribution is -0.142. The lowest BCUT2D eigenvalue weighted by atomic mass is 9.92. The molecule has 0 bridgehead atoms. The van der Waals surface area contributed by atoms with Crippen molar-refractivity contribution in [3.8, 4) is 0 Å². The van der Waals surface area contributed by atoms with Crippen LogP contribution in [-0.4, -0.2) is 45.5 Å². The molecule has 182 valence electrons. The van der Waals surface area contributed by atoms with Crippen LogP contribution in [0.5, 0.6) is 0 Å². The van der Waals surface area contributed by atoms with Crippen molar-refractivity contribution in [2.75, 3.05) is 0 Å². The van der Waals surface area contributed by atoms with Crippen LogP contribution < -0.4 is 0 Å². The van der Waals surface area contributed by atoms with E-state index in [2.05, 4.69) is 0 Å². The number of carboxylic acids is 1. The Morgan fingerprint density at radius 1 is 1.09 bits per heavy atom. The highest BCUT2D eigenvalue weighted by molar-refractivity contribution is 5.74. The van der Waals surface area contributed by atoms with Crippen LogP contribution in [0.15, 0.2) is 66.7 Å². The first-order valence-corrected chi connectivity index (χ1v) is 11.7. The summed E-state index contributed by atoms with van der Waals surface area (Å²) in [5.74, 6) is -1.69. The van der Waals surface area contributed by atoms with Gasteiger partial charge in [-0.1, -0.05) is 72.8 Å². The second-order valence-corrected chi connectivity index (χ2v) is 10.2. The minimum absolute atomic E-state index is 0.235. The molecule has 0 saturated carbocycles. The van der Waals surface area contributed by atoms with E-state index in [-0.39, 0.29) is 12.5 Å². The van der Waals surface area contributed by atoms with Crippen molar-refractivity contribution in [2.24, 2.45) is 5.92 Å². The fourth-order valence-corrected chi connectivity index (χ4v) is 4.32. The molecule has 2 aromatic rings.